The minimum Gasteiger partial charge on any atom is -0.497 e. The van der Waals surface area contributed by atoms with Crippen LogP contribution in [0.5, 0.6) is 5.75 Å². The van der Waals surface area contributed by atoms with Gasteiger partial charge in [-0.2, -0.15) is 0 Å². The highest BCUT2D eigenvalue weighted by Crippen LogP contribution is 2.27. The summed E-state index contributed by atoms with van der Waals surface area (Å²) in [5.41, 5.74) is 3.68. The van der Waals surface area contributed by atoms with Gasteiger partial charge in [-0.05, 0) is 44.5 Å². The van der Waals surface area contributed by atoms with E-state index >= 15 is 0 Å². The highest BCUT2D eigenvalue weighted by molar-refractivity contribution is 6.31. The first-order chi connectivity index (χ1) is 9.01. The van der Waals surface area contributed by atoms with Gasteiger partial charge >= 0.3 is 0 Å². The molecule has 0 spiro atoms. The fourth-order valence-electron chi connectivity index (χ4n) is 1.69. The van der Waals surface area contributed by atoms with Gasteiger partial charge < -0.3 is 10.1 Å². The Bertz CT molecular complexity index is 614. The van der Waals surface area contributed by atoms with Crippen molar-refractivity contribution in [2.75, 3.05) is 12.4 Å². The van der Waals surface area contributed by atoms with Crippen LogP contribution >= 0.6 is 11.6 Å². The molecular weight excluding hydrogens is 262 g/mol. The zero-order valence-corrected chi connectivity index (χ0v) is 12.2. The smallest absolute Gasteiger partial charge is 0.172 e. The van der Waals surface area contributed by atoms with E-state index in [0.717, 1.165) is 28.4 Å². The van der Waals surface area contributed by atoms with Gasteiger partial charge in [-0.1, -0.05) is 11.6 Å². The Morgan fingerprint density at radius 3 is 2.42 bits per heavy atom. The van der Waals surface area contributed by atoms with Crippen molar-refractivity contribution in [1.82, 2.24) is 9.97 Å². The summed E-state index contributed by atoms with van der Waals surface area (Å²) >= 11 is 6.10. The van der Waals surface area contributed by atoms with Gasteiger partial charge in [0.15, 0.2) is 11.0 Å². The van der Waals surface area contributed by atoms with Crippen LogP contribution in [0.1, 0.15) is 17.0 Å². The molecule has 0 aliphatic heterocycles. The van der Waals surface area contributed by atoms with Crippen molar-refractivity contribution in [2.45, 2.75) is 20.8 Å². The predicted molar refractivity (Wildman–Crippen MR) is 77.5 cm³/mol. The van der Waals surface area contributed by atoms with Gasteiger partial charge in [0.25, 0.3) is 0 Å². The minimum absolute atomic E-state index is 0.373. The van der Waals surface area contributed by atoms with Gasteiger partial charge in [0.2, 0.25) is 0 Å². The highest BCUT2D eigenvalue weighted by Gasteiger charge is 2.09. The number of benzene rings is 1. The molecule has 5 heteroatoms. The third-order valence-electron chi connectivity index (χ3n) is 2.95. The number of aryl methyl sites for hydroxylation is 3. The number of nitrogens with one attached hydrogen (secondary N) is 1. The van der Waals surface area contributed by atoms with Crippen LogP contribution in [0.25, 0.3) is 0 Å². The van der Waals surface area contributed by atoms with Gasteiger partial charge in [0.05, 0.1) is 18.5 Å². The van der Waals surface area contributed by atoms with Crippen molar-refractivity contribution in [3.8, 4) is 5.75 Å². The lowest BCUT2D eigenvalue weighted by atomic mass is 10.2. The molecule has 0 fully saturated rings. The summed E-state index contributed by atoms with van der Waals surface area (Å²) in [5.74, 6) is 1.39. The van der Waals surface area contributed by atoms with Gasteiger partial charge in [-0.3, -0.25) is 0 Å². The third kappa shape index (κ3) is 2.96. The number of hydrogen-bond acceptors (Lipinski definition) is 4. The molecule has 0 unspecified atom stereocenters. The van der Waals surface area contributed by atoms with Gasteiger partial charge in [-0.25, -0.2) is 9.97 Å². The molecule has 2 rings (SSSR count). The summed E-state index contributed by atoms with van der Waals surface area (Å²) in [6.45, 7) is 5.79. The number of nitrogens with zero attached hydrogens (tertiary/aromatic N) is 2. The Morgan fingerprint density at radius 2 is 1.79 bits per heavy atom. The largest absolute Gasteiger partial charge is 0.497 e. The average molecular weight is 278 g/mol. The second kappa shape index (κ2) is 5.45. The van der Waals surface area contributed by atoms with Crippen molar-refractivity contribution in [1.29, 1.82) is 0 Å². The van der Waals surface area contributed by atoms with Crippen LogP contribution in [0.3, 0.4) is 0 Å². The van der Waals surface area contributed by atoms with E-state index in [1.165, 1.54) is 0 Å². The molecule has 0 atom stereocenters. The average Bonchev–Trinajstić information content (AvgIpc) is 2.38. The first kappa shape index (κ1) is 13.6. The number of methoxy groups -OCH3 is 1. The summed E-state index contributed by atoms with van der Waals surface area (Å²) in [6, 6.07) is 5.77. The normalized spacial score (nSPS) is 10.4. The second-order valence-electron chi connectivity index (χ2n) is 4.34. The monoisotopic (exact) mass is 277 g/mol. The van der Waals surface area contributed by atoms with Gasteiger partial charge in [-0.15, -0.1) is 0 Å². The molecule has 1 heterocycles. The molecule has 2 aromatic rings. The standard InChI is InChI=1S/C14H16ClN3O/c1-8-7-11(19-4)5-6-12(8)18-14-13(15)16-9(2)10(3)17-14/h5-7H,1-4H3,(H,17,18). The predicted octanol–water partition coefficient (Wildman–Crippen LogP) is 3.81. The maximum Gasteiger partial charge on any atom is 0.172 e. The fraction of sp³-hybridized carbons (Fsp3) is 0.286. The Morgan fingerprint density at radius 1 is 1.11 bits per heavy atom. The zero-order valence-electron chi connectivity index (χ0n) is 11.4. The van der Waals surface area contributed by atoms with Crippen LogP contribution < -0.4 is 10.1 Å². The van der Waals surface area contributed by atoms with Crippen LogP contribution in [-0.2, 0) is 0 Å². The van der Waals surface area contributed by atoms with Crippen molar-refractivity contribution in [3.63, 3.8) is 0 Å². The van der Waals surface area contributed by atoms with Gasteiger partial charge in [0, 0.05) is 5.69 Å². The van der Waals surface area contributed by atoms with Crippen molar-refractivity contribution >= 4 is 23.1 Å². The van der Waals surface area contributed by atoms with E-state index < -0.39 is 0 Å². The summed E-state index contributed by atoms with van der Waals surface area (Å²) in [4.78, 5) is 8.66. The third-order valence-corrected chi connectivity index (χ3v) is 3.21. The van der Waals surface area contributed by atoms with Crippen LogP contribution in [-0.4, -0.2) is 17.1 Å². The second-order valence-corrected chi connectivity index (χ2v) is 4.70. The Balaban J connectivity index is 2.33. The first-order valence-electron chi connectivity index (χ1n) is 5.93. The molecular formula is C14H16ClN3O. The molecule has 100 valence electrons. The summed E-state index contributed by atoms with van der Waals surface area (Å²) < 4.78 is 5.18. The molecule has 0 radical (unpaired) electrons. The number of rotatable bonds is 3. The lowest BCUT2D eigenvalue weighted by Crippen LogP contribution is -2.02. The molecule has 1 N–H and O–H groups in total. The Kier molecular flexibility index (Phi) is 3.90. The topological polar surface area (TPSA) is 47.0 Å². The zero-order chi connectivity index (χ0) is 14.0. The van der Waals surface area contributed by atoms with Crippen molar-refractivity contribution in [3.05, 3.63) is 40.3 Å². The fourth-order valence-corrected chi connectivity index (χ4v) is 1.90. The SMILES string of the molecule is COc1ccc(Nc2nc(C)c(C)nc2Cl)c(C)c1. The first-order valence-corrected chi connectivity index (χ1v) is 6.31. The summed E-state index contributed by atoms with van der Waals surface area (Å²) in [7, 11) is 1.65. The molecule has 1 aromatic heterocycles. The number of hydrogen-bond donors (Lipinski definition) is 1. The maximum absolute atomic E-state index is 6.10. The maximum atomic E-state index is 6.10. The molecule has 0 amide bonds. The number of ether oxygens (including phenoxy) is 1. The quantitative estimate of drug-likeness (QED) is 0.927. The van der Waals surface area contributed by atoms with E-state index in [-0.39, 0.29) is 0 Å². The van der Waals surface area contributed by atoms with E-state index in [0.29, 0.717) is 11.0 Å². The number of anilines is 2. The van der Waals surface area contributed by atoms with Crippen molar-refractivity contribution < 1.29 is 4.74 Å². The molecule has 0 bridgehead atoms. The van der Waals surface area contributed by atoms with E-state index in [1.54, 1.807) is 7.11 Å². The van der Waals surface area contributed by atoms with Crippen LogP contribution in [0, 0.1) is 20.8 Å². The van der Waals surface area contributed by atoms with Crippen molar-refractivity contribution in [2.24, 2.45) is 0 Å². The summed E-state index contributed by atoms with van der Waals surface area (Å²) in [5, 5.41) is 3.57. The minimum atomic E-state index is 0.373. The van der Waals surface area contributed by atoms with E-state index in [9.17, 15) is 0 Å². The number of aromatic nitrogens is 2. The van der Waals surface area contributed by atoms with Crippen LogP contribution in [0.2, 0.25) is 5.15 Å². The summed E-state index contributed by atoms with van der Waals surface area (Å²) in [6.07, 6.45) is 0. The molecule has 4 nitrogen and oxygen atoms in total. The molecule has 0 saturated carbocycles. The molecule has 1 aromatic carbocycles. The molecule has 0 aliphatic rings. The highest BCUT2D eigenvalue weighted by atomic mass is 35.5. The molecule has 19 heavy (non-hydrogen) atoms. The number of halogens is 1. The van der Waals surface area contributed by atoms with E-state index in [4.69, 9.17) is 16.3 Å². The molecule has 0 saturated heterocycles. The lowest BCUT2D eigenvalue weighted by Gasteiger charge is -2.12. The van der Waals surface area contributed by atoms with E-state index in [1.807, 2.05) is 39.0 Å². The Labute approximate surface area is 117 Å². The lowest BCUT2D eigenvalue weighted by molar-refractivity contribution is 0.414. The van der Waals surface area contributed by atoms with Crippen LogP contribution in [0.4, 0.5) is 11.5 Å². The van der Waals surface area contributed by atoms with Crippen LogP contribution in [0.15, 0.2) is 18.2 Å². The molecule has 0 aliphatic carbocycles. The van der Waals surface area contributed by atoms with Gasteiger partial charge in [0.1, 0.15) is 5.75 Å². The Hall–Kier alpha value is -1.81. The van der Waals surface area contributed by atoms with E-state index in [2.05, 4.69) is 15.3 Å².